The minimum Gasteiger partial charge on any atom is -0.390 e. The summed E-state index contributed by atoms with van der Waals surface area (Å²) in [4.78, 5) is 0. The topological polar surface area (TPSA) is 58.9 Å². The van der Waals surface area contributed by atoms with Gasteiger partial charge in [0, 0.05) is 0 Å². The zero-order chi connectivity index (χ0) is 12.3. The van der Waals surface area contributed by atoms with E-state index in [0.717, 1.165) is 5.56 Å². The van der Waals surface area contributed by atoms with Crippen LogP contribution in [-0.4, -0.2) is 39.2 Å². The zero-order valence-corrected chi connectivity index (χ0v) is 11.4. The average molecular weight is 350 g/mol. The zero-order valence-electron chi connectivity index (χ0n) is 9.20. The van der Waals surface area contributed by atoms with E-state index in [2.05, 4.69) is 0 Å². The van der Waals surface area contributed by atoms with E-state index in [-0.39, 0.29) is 10.5 Å². The van der Waals surface area contributed by atoms with Crippen molar-refractivity contribution < 1.29 is 19.7 Å². The van der Waals surface area contributed by atoms with Crippen LogP contribution in [0.3, 0.4) is 0 Å². The smallest absolute Gasteiger partial charge is 0.185 e. The first kappa shape index (κ1) is 13.2. The van der Waals surface area contributed by atoms with E-state index in [1.54, 1.807) is 0 Å². The molecule has 0 bridgehead atoms. The molecule has 94 valence electrons. The minimum absolute atomic E-state index is 0.199. The third-order valence-corrected chi connectivity index (χ3v) is 4.23. The molecule has 5 heteroatoms. The molecular weight excluding hydrogens is 335 g/mol. The second-order valence-corrected chi connectivity index (χ2v) is 5.44. The van der Waals surface area contributed by atoms with Crippen molar-refractivity contribution in [1.29, 1.82) is 0 Å². The van der Waals surface area contributed by atoms with Crippen LogP contribution in [0.1, 0.15) is 5.56 Å². The molecule has 0 spiro atoms. The normalized spacial score (nSPS) is 33.6. The summed E-state index contributed by atoms with van der Waals surface area (Å²) in [7, 11) is 0. The fourth-order valence-corrected chi connectivity index (χ4v) is 2.21. The Kier molecular flexibility index (Phi) is 4.75. The predicted molar refractivity (Wildman–Crippen MR) is 70.8 cm³/mol. The lowest BCUT2D eigenvalue weighted by molar-refractivity contribution is -0.235. The summed E-state index contributed by atoms with van der Waals surface area (Å²) in [5, 5.41) is 19.4. The van der Waals surface area contributed by atoms with Gasteiger partial charge in [0.2, 0.25) is 0 Å². The summed E-state index contributed by atoms with van der Waals surface area (Å²) >= 11 is 2.02. The highest BCUT2D eigenvalue weighted by atomic mass is 127. The summed E-state index contributed by atoms with van der Waals surface area (Å²) in [5.41, 5.74) is 1.03. The van der Waals surface area contributed by atoms with Crippen LogP contribution in [0.15, 0.2) is 30.3 Å². The van der Waals surface area contributed by atoms with E-state index in [1.807, 2.05) is 52.9 Å². The molecule has 0 radical (unpaired) electrons. The molecule has 0 unspecified atom stereocenters. The van der Waals surface area contributed by atoms with Crippen LogP contribution >= 0.6 is 22.6 Å². The van der Waals surface area contributed by atoms with Crippen LogP contribution in [0, 0.1) is 0 Å². The summed E-state index contributed by atoms with van der Waals surface area (Å²) in [6.45, 7) is 0.589. The van der Waals surface area contributed by atoms with E-state index in [4.69, 9.17) is 9.47 Å². The van der Waals surface area contributed by atoms with Crippen molar-refractivity contribution in [3.8, 4) is 0 Å². The fourth-order valence-electron chi connectivity index (χ4n) is 1.66. The highest BCUT2D eigenvalue weighted by Gasteiger charge is 2.37. The van der Waals surface area contributed by atoms with Crippen LogP contribution in [0.2, 0.25) is 0 Å². The molecule has 1 saturated heterocycles. The number of alkyl halides is 1. The predicted octanol–water partition coefficient (Wildman–Crippen LogP) is 1.08. The molecule has 2 N–H and O–H groups in total. The Morgan fingerprint density at radius 1 is 1.29 bits per heavy atom. The second-order valence-electron chi connectivity index (χ2n) is 4.00. The van der Waals surface area contributed by atoms with Crippen LogP contribution in [0.5, 0.6) is 0 Å². The molecule has 0 aliphatic carbocycles. The van der Waals surface area contributed by atoms with Crippen molar-refractivity contribution in [3.63, 3.8) is 0 Å². The first-order chi connectivity index (χ1) is 8.18. The number of hydrogen-bond acceptors (Lipinski definition) is 4. The Hall–Kier alpha value is -0.210. The number of aliphatic hydroxyl groups excluding tert-OH is 2. The molecule has 17 heavy (non-hydrogen) atoms. The molecule has 0 aromatic heterocycles. The maximum absolute atomic E-state index is 9.87. The third kappa shape index (κ3) is 3.38. The van der Waals surface area contributed by atoms with Crippen molar-refractivity contribution >= 4 is 22.6 Å². The first-order valence-electron chi connectivity index (χ1n) is 5.46. The van der Waals surface area contributed by atoms with Gasteiger partial charge in [-0.15, -0.1) is 0 Å². The fraction of sp³-hybridized carbons (Fsp3) is 0.500. The molecule has 0 saturated carbocycles. The van der Waals surface area contributed by atoms with Gasteiger partial charge in [-0.1, -0.05) is 52.9 Å². The summed E-state index contributed by atoms with van der Waals surface area (Å²) in [5.74, 6) is 0. The number of ether oxygens (including phenoxy) is 2. The molecule has 4 nitrogen and oxygen atoms in total. The van der Waals surface area contributed by atoms with E-state index in [9.17, 15) is 10.2 Å². The lowest BCUT2D eigenvalue weighted by Crippen LogP contribution is -2.50. The standard InChI is InChI=1S/C12H15IO4/c13-10-9(14)7-17-12(11(10)15)16-6-8-4-2-1-3-5-8/h1-5,9-12,14-15H,6-7H2/t9-,10-,11+,12+/m1/s1. The Morgan fingerprint density at radius 3 is 2.71 bits per heavy atom. The third-order valence-electron chi connectivity index (χ3n) is 2.66. The van der Waals surface area contributed by atoms with Gasteiger partial charge in [-0.3, -0.25) is 0 Å². The molecule has 1 aromatic carbocycles. The van der Waals surface area contributed by atoms with Crippen LogP contribution in [-0.2, 0) is 16.1 Å². The van der Waals surface area contributed by atoms with Gasteiger partial charge in [0.25, 0.3) is 0 Å². The molecule has 1 heterocycles. The highest BCUT2D eigenvalue weighted by molar-refractivity contribution is 14.1. The molecule has 2 rings (SSSR count). The first-order valence-corrected chi connectivity index (χ1v) is 6.70. The van der Waals surface area contributed by atoms with Gasteiger partial charge in [0.15, 0.2) is 6.29 Å². The maximum Gasteiger partial charge on any atom is 0.185 e. The number of benzene rings is 1. The van der Waals surface area contributed by atoms with Gasteiger partial charge in [0.1, 0.15) is 6.10 Å². The van der Waals surface area contributed by atoms with Crippen molar-refractivity contribution in [2.45, 2.75) is 29.0 Å². The van der Waals surface area contributed by atoms with E-state index < -0.39 is 18.5 Å². The number of rotatable bonds is 3. The summed E-state index contributed by atoms with van der Waals surface area (Å²) < 4.78 is 10.5. The molecular formula is C12H15IO4. The Labute approximate surface area is 114 Å². The Balaban J connectivity index is 1.87. The minimum atomic E-state index is -0.803. The number of hydrogen-bond donors (Lipinski definition) is 2. The highest BCUT2D eigenvalue weighted by Crippen LogP contribution is 2.23. The monoisotopic (exact) mass is 350 g/mol. The lowest BCUT2D eigenvalue weighted by Gasteiger charge is -2.34. The largest absolute Gasteiger partial charge is 0.390 e. The van der Waals surface area contributed by atoms with Gasteiger partial charge < -0.3 is 19.7 Å². The van der Waals surface area contributed by atoms with E-state index in [0.29, 0.717) is 6.61 Å². The van der Waals surface area contributed by atoms with Crippen molar-refractivity contribution in [2.75, 3.05) is 6.61 Å². The second kappa shape index (κ2) is 6.10. The summed E-state index contributed by atoms with van der Waals surface area (Å²) in [6, 6.07) is 9.70. The van der Waals surface area contributed by atoms with Gasteiger partial charge in [-0.25, -0.2) is 0 Å². The van der Waals surface area contributed by atoms with Gasteiger partial charge in [0.05, 0.1) is 23.2 Å². The van der Waals surface area contributed by atoms with Gasteiger partial charge >= 0.3 is 0 Å². The Morgan fingerprint density at radius 2 is 2.00 bits per heavy atom. The lowest BCUT2D eigenvalue weighted by atomic mass is 10.1. The summed E-state index contributed by atoms with van der Waals surface area (Å²) in [6.07, 6.45) is -2.11. The molecule has 1 aliphatic rings. The van der Waals surface area contributed by atoms with Crippen LogP contribution < -0.4 is 0 Å². The molecule has 1 fully saturated rings. The van der Waals surface area contributed by atoms with Crippen molar-refractivity contribution in [2.24, 2.45) is 0 Å². The van der Waals surface area contributed by atoms with Gasteiger partial charge in [-0.05, 0) is 5.56 Å². The van der Waals surface area contributed by atoms with E-state index in [1.165, 1.54) is 0 Å². The average Bonchev–Trinajstić information content (AvgIpc) is 2.36. The van der Waals surface area contributed by atoms with Crippen molar-refractivity contribution in [1.82, 2.24) is 0 Å². The molecule has 0 amide bonds. The Bertz CT molecular complexity index is 346. The maximum atomic E-state index is 9.87. The molecule has 1 aliphatic heterocycles. The molecule has 4 atom stereocenters. The quantitative estimate of drug-likeness (QED) is 0.633. The van der Waals surface area contributed by atoms with Crippen LogP contribution in [0.25, 0.3) is 0 Å². The SMILES string of the molecule is O[C@@H]1[C@@H](OCc2ccccc2)OC[C@@H](O)[C@H]1I. The molecule has 1 aromatic rings. The number of halogens is 1. The van der Waals surface area contributed by atoms with Gasteiger partial charge in [-0.2, -0.15) is 0 Å². The van der Waals surface area contributed by atoms with Crippen LogP contribution in [0.4, 0.5) is 0 Å². The number of aliphatic hydroxyl groups is 2. The van der Waals surface area contributed by atoms with Crippen molar-refractivity contribution in [3.05, 3.63) is 35.9 Å². The van der Waals surface area contributed by atoms with E-state index >= 15 is 0 Å².